The highest BCUT2D eigenvalue weighted by molar-refractivity contribution is 5.94. The first kappa shape index (κ1) is 16.8. The van der Waals surface area contributed by atoms with Crippen molar-refractivity contribution in [1.29, 1.82) is 0 Å². The van der Waals surface area contributed by atoms with Crippen LogP contribution in [0.15, 0.2) is 30.7 Å². The zero-order chi connectivity index (χ0) is 18.1. The molecule has 2 aromatic heterocycles. The van der Waals surface area contributed by atoms with Gasteiger partial charge in [-0.1, -0.05) is 0 Å². The van der Waals surface area contributed by atoms with Gasteiger partial charge in [0.15, 0.2) is 5.82 Å². The monoisotopic (exact) mass is 357 g/mol. The Kier molecular flexibility index (Phi) is 4.50. The second kappa shape index (κ2) is 6.95. The van der Waals surface area contributed by atoms with E-state index in [2.05, 4.69) is 20.3 Å². The average Bonchev–Trinajstić information content (AvgIpc) is 3.07. The number of aryl methyl sites for hydroxylation is 1. The van der Waals surface area contributed by atoms with E-state index in [1.807, 2.05) is 17.9 Å². The summed E-state index contributed by atoms with van der Waals surface area (Å²) in [5.74, 6) is 0.230. The highest BCUT2D eigenvalue weighted by Crippen LogP contribution is 2.34. The van der Waals surface area contributed by atoms with Gasteiger partial charge in [0.25, 0.3) is 5.91 Å². The largest absolute Gasteiger partial charge is 0.363 e. The van der Waals surface area contributed by atoms with Gasteiger partial charge in [-0.15, -0.1) is 0 Å². The lowest BCUT2D eigenvalue weighted by Crippen LogP contribution is -2.43. The van der Waals surface area contributed by atoms with Gasteiger partial charge in [0, 0.05) is 19.3 Å². The Labute approximate surface area is 150 Å². The fourth-order valence-electron chi connectivity index (χ4n) is 3.58. The number of anilines is 2. The van der Waals surface area contributed by atoms with Gasteiger partial charge in [-0.2, -0.15) is 0 Å². The molecule has 1 N–H and O–H groups in total. The summed E-state index contributed by atoms with van der Waals surface area (Å²) >= 11 is 0. The molecular weight excluding hydrogens is 337 g/mol. The number of fused-ring (bicyclic) bond motifs is 1. The molecule has 4 rings (SSSR count). The molecule has 2 aliphatic rings. The summed E-state index contributed by atoms with van der Waals surface area (Å²) in [6.07, 6.45) is 5.08. The molecule has 4 heterocycles. The standard InChI is InChI=1S/C18H20FN5O2/c1-11-14(3-2-5-20-11)23-17(25)15-7-12-4-6-24(10-16(12)26-15)18-21-8-13(19)9-22-18/h2-3,5,8-9,12,15-16H,4,6-7,10H2,1H3,(H,23,25)/t12-,15+,16+/m1/s1. The molecule has 3 atom stereocenters. The van der Waals surface area contributed by atoms with Crippen LogP contribution in [0.4, 0.5) is 16.0 Å². The number of hydrogen-bond acceptors (Lipinski definition) is 6. The van der Waals surface area contributed by atoms with Crippen LogP contribution in [0.25, 0.3) is 0 Å². The number of carbonyl (C=O) groups is 1. The second-order valence-electron chi connectivity index (χ2n) is 6.72. The number of aromatic nitrogens is 3. The number of pyridine rings is 1. The number of ether oxygens (including phenoxy) is 1. The predicted molar refractivity (Wildman–Crippen MR) is 93.2 cm³/mol. The molecule has 0 saturated carbocycles. The minimum atomic E-state index is -0.473. The SMILES string of the molecule is Cc1ncccc1NC(=O)[C@@H]1C[C@H]2CCN(c3ncc(F)cn3)C[C@@H]2O1. The highest BCUT2D eigenvalue weighted by atomic mass is 19.1. The molecular formula is C18H20FN5O2. The fraction of sp³-hybridized carbons (Fsp3) is 0.444. The summed E-state index contributed by atoms with van der Waals surface area (Å²) in [5, 5.41) is 2.90. The molecule has 0 unspecified atom stereocenters. The molecule has 2 aromatic rings. The summed E-state index contributed by atoms with van der Waals surface area (Å²) < 4.78 is 19.0. The van der Waals surface area contributed by atoms with E-state index in [0.717, 1.165) is 31.1 Å². The van der Waals surface area contributed by atoms with Gasteiger partial charge in [-0.05, 0) is 37.8 Å². The van der Waals surface area contributed by atoms with Crippen molar-refractivity contribution in [2.75, 3.05) is 23.3 Å². The molecule has 2 fully saturated rings. The Morgan fingerprint density at radius 1 is 1.35 bits per heavy atom. The first-order valence-corrected chi connectivity index (χ1v) is 8.70. The number of hydrogen-bond donors (Lipinski definition) is 1. The maximum atomic E-state index is 13.0. The number of halogens is 1. The Hall–Kier alpha value is -2.61. The van der Waals surface area contributed by atoms with Crippen molar-refractivity contribution in [2.24, 2.45) is 5.92 Å². The zero-order valence-electron chi connectivity index (χ0n) is 14.4. The van der Waals surface area contributed by atoms with Crippen LogP contribution in [0.2, 0.25) is 0 Å². The highest BCUT2D eigenvalue weighted by Gasteiger charge is 2.42. The maximum absolute atomic E-state index is 13.0. The number of nitrogens with zero attached hydrogens (tertiary/aromatic N) is 4. The van der Waals surface area contributed by atoms with Crippen molar-refractivity contribution in [3.63, 3.8) is 0 Å². The second-order valence-corrected chi connectivity index (χ2v) is 6.72. The summed E-state index contributed by atoms with van der Waals surface area (Å²) in [4.78, 5) is 26.8. The van der Waals surface area contributed by atoms with E-state index in [-0.39, 0.29) is 12.0 Å². The van der Waals surface area contributed by atoms with E-state index in [4.69, 9.17) is 4.74 Å². The van der Waals surface area contributed by atoms with Gasteiger partial charge >= 0.3 is 0 Å². The van der Waals surface area contributed by atoms with Gasteiger partial charge in [0.05, 0.1) is 29.9 Å². The molecule has 0 aromatic carbocycles. The van der Waals surface area contributed by atoms with Gasteiger partial charge in [0.2, 0.25) is 5.95 Å². The minimum Gasteiger partial charge on any atom is -0.363 e. The normalized spacial score (nSPS) is 25.0. The van der Waals surface area contributed by atoms with Gasteiger partial charge < -0.3 is 15.0 Å². The molecule has 1 amide bonds. The van der Waals surface area contributed by atoms with Crippen molar-refractivity contribution in [3.8, 4) is 0 Å². The number of rotatable bonds is 3. The molecule has 0 bridgehead atoms. The van der Waals surface area contributed by atoms with Crippen LogP contribution in [-0.2, 0) is 9.53 Å². The quantitative estimate of drug-likeness (QED) is 0.904. The van der Waals surface area contributed by atoms with E-state index in [1.165, 1.54) is 0 Å². The molecule has 8 heteroatoms. The van der Waals surface area contributed by atoms with Crippen LogP contribution in [0, 0.1) is 18.7 Å². The van der Waals surface area contributed by atoms with Gasteiger partial charge in [-0.3, -0.25) is 9.78 Å². The van der Waals surface area contributed by atoms with Crippen LogP contribution in [0.1, 0.15) is 18.5 Å². The average molecular weight is 357 g/mol. The van der Waals surface area contributed by atoms with E-state index < -0.39 is 11.9 Å². The molecule has 0 spiro atoms. The molecule has 26 heavy (non-hydrogen) atoms. The number of piperidine rings is 1. The van der Waals surface area contributed by atoms with Gasteiger partial charge in [-0.25, -0.2) is 14.4 Å². The summed E-state index contributed by atoms with van der Waals surface area (Å²) in [5.41, 5.74) is 1.48. The third kappa shape index (κ3) is 3.37. The van der Waals surface area contributed by atoms with Crippen molar-refractivity contribution >= 4 is 17.5 Å². The smallest absolute Gasteiger partial charge is 0.253 e. The Morgan fingerprint density at radius 3 is 2.92 bits per heavy atom. The van der Waals surface area contributed by atoms with E-state index in [0.29, 0.717) is 30.5 Å². The molecule has 0 aliphatic carbocycles. The molecule has 136 valence electrons. The lowest BCUT2D eigenvalue weighted by molar-refractivity contribution is -0.126. The van der Waals surface area contributed by atoms with Crippen LogP contribution in [0.5, 0.6) is 0 Å². The number of carbonyl (C=O) groups excluding carboxylic acids is 1. The lowest BCUT2D eigenvalue weighted by Gasteiger charge is -2.33. The lowest BCUT2D eigenvalue weighted by atomic mass is 9.92. The summed E-state index contributed by atoms with van der Waals surface area (Å²) in [6.45, 7) is 3.23. The Bertz CT molecular complexity index is 800. The van der Waals surface area contributed by atoms with E-state index >= 15 is 0 Å². The van der Waals surface area contributed by atoms with Crippen LogP contribution in [0.3, 0.4) is 0 Å². The van der Waals surface area contributed by atoms with E-state index in [9.17, 15) is 9.18 Å². The van der Waals surface area contributed by atoms with Crippen molar-refractivity contribution < 1.29 is 13.9 Å². The third-order valence-electron chi connectivity index (χ3n) is 5.00. The Balaban J connectivity index is 1.39. The predicted octanol–water partition coefficient (Wildman–Crippen LogP) is 1.94. The third-order valence-corrected chi connectivity index (χ3v) is 5.00. The molecule has 7 nitrogen and oxygen atoms in total. The van der Waals surface area contributed by atoms with Gasteiger partial charge in [0.1, 0.15) is 6.10 Å². The molecule has 0 radical (unpaired) electrons. The minimum absolute atomic E-state index is 0.0526. The summed E-state index contributed by atoms with van der Waals surface area (Å²) in [6, 6.07) is 3.62. The van der Waals surface area contributed by atoms with Crippen LogP contribution >= 0.6 is 0 Å². The molecule has 2 aliphatic heterocycles. The number of nitrogens with one attached hydrogen (secondary N) is 1. The zero-order valence-corrected chi connectivity index (χ0v) is 14.4. The fourth-order valence-corrected chi connectivity index (χ4v) is 3.58. The number of amides is 1. The van der Waals surface area contributed by atoms with E-state index in [1.54, 1.807) is 12.3 Å². The Morgan fingerprint density at radius 2 is 2.15 bits per heavy atom. The topological polar surface area (TPSA) is 80.2 Å². The van der Waals surface area contributed by atoms with Crippen LogP contribution < -0.4 is 10.2 Å². The first-order chi connectivity index (χ1) is 12.6. The van der Waals surface area contributed by atoms with Crippen molar-refractivity contribution in [3.05, 3.63) is 42.2 Å². The van der Waals surface area contributed by atoms with Crippen LogP contribution in [-0.4, -0.2) is 46.2 Å². The van der Waals surface area contributed by atoms with Crippen molar-refractivity contribution in [1.82, 2.24) is 15.0 Å². The first-order valence-electron chi connectivity index (χ1n) is 8.70. The van der Waals surface area contributed by atoms with Crippen molar-refractivity contribution in [2.45, 2.75) is 32.0 Å². The maximum Gasteiger partial charge on any atom is 0.253 e. The molecule has 2 saturated heterocycles. The summed E-state index contributed by atoms with van der Waals surface area (Å²) in [7, 11) is 0.